The van der Waals surface area contributed by atoms with E-state index in [9.17, 15) is 9.59 Å². The maximum absolute atomic E-state index is 11.9. The molecule has 1 heterocycles. The average molecular weight is 308 g/mol. The number of morpholine rings is 1. The minimum atomic E-state index is -0.898. The second-order valence-corrected chi connectivity index (χ2v) is 4.99. The van der Waals surface area contributed by atoms with Gasteiger partial charge in [0.1, 0.15) is 11.8 Å². The zero-order valence-corrected chi connectivity index (χ0v) is 12.4. The molecule has 1 aromatic rings. The molecule has 1 aliphatic rings. The molecule has 2 N–H and O–H groups in total. The topological polar surface area (TPSA) is 88.1 Å². The molecule has 7 heteroatoms. The molecule has 0 unspecified atom stereocenters. The Labute approximate surface area is 128 Å². The number of carboxylic acid groups (broad SMARTS) is 1. The van der Waals surface area contributed by atoms with Crippen LogP contribution in [0.1, 0.15) is 5.56 Å². The van der Waals surface area contributed by atoms with Crippen molar-refractivity contribution in [3.8, 4) is 5.75 Å². The van der Waals surface area contributed by atoms with E-state index < -0.39 is 18.1 Å². The Bertz CT molecular complexity index is 511. The third-order valence-electron chi connectivity index (χ3n) is 3.48. The van der Waals surface area contributed by atoms with Gasteiger partial charge in [-0.15, -0.1) is 0 Å². The molecule has 1 atom stereocenters. The summed E-state index contributed by atoms with van der Waals surface area (Å²) in [6.45, 7) is 2.10. The van der Waals surface area contributed by atoms with E-state index in [-0.39, 0.29) is 0 Å². The number of carbonyl (C=O) groups excluding carboxylic acids is 1. The molecule has 2 rings (SSSR count). The monoisotopic (exact) mass is 308 g/mol. The molecule has 1 aliphatic heterocycles. The second-order valence-electron chi connectivity index (χ2n) is 4.99. The van der Waals surface area contributed by atoms with Gasteiger partial charge in [0.15, 0.2) is 0 Å². The first-order valence-electron chi connectivity index (χ1n) is 7.13. The zero-order valence-electron chi connectivity index (χ0n) is 12.4. The first kappa shape index (κ1) is 16.3. The molecular formula is C15H20N2O5. The number of carbonyl (C=O) groups is 2. The number of aliphatic carboxylic acids is 1. The van der Waals surface area contributed by atoms with Gasteiger partial charge in [-0.05, 0) is 31.2 Å². The number of nitrogens with zero attached hydrogens (tertiary/aromatic N) is 1. The van der Waals surface area contributed by atoms with Crippen molar-refractivity contribution in [2.24, 2.45) is 0 Å². The van der Waals surface area contributed by atoms with Gasteiger partial charge < -0.3 is 24.8 Å². The summed E-state index contributed by atoms with van der Waals surface area (Å²) in [4.78, 5) is 24.5. The van der Waals surface area contributed by atoms with E-state index in [1.54, 1.807) is 36.2 Å². The summed E-state index contributed by atoms with van der Waals surface area (Å²) in [5, 5.41) is 11.7. The molecule has 22 heavy (non-hydrogen) atoms. The lowest BCUT2D eigenvalue weighted by Gasteiger charge is -2.25. The van der Waals surface area contributed by atoms with Crippen molar-refractivity contribution in [1.82, 2.24) is 10.2 Å². The smallest absolute Gasteiger partial charge is 0.415 e. The molecule has 0 aliphatic carbocycles. The third-order valence-corrected chi connectivity index (χ3v) is 3.48. The zero-order chi connectivity index (χ0) is 15.9. The Hall–Kier alpha value is -2.12. The maximum atomic E-state index is 11.9. The van der Waals surface area contributed by atoms with Crippen LogP contribution in [0, 0.1) is 0 Å². The summed E-state index contributed by atoms with van der Waals surface area (Å²) in [7, 11) is 1.61. The number of benzene rings is 1. The summed E-state index contributed by atoms with van der Waals surface area (Å²) in [5.41, 5.74) is 0.855. The van der Waals surface area contributed by atoms with Gasteiger partial charge >= 0.3 is 12.1 Å². The summed E-state index contributed by atoms with van der Waals surface area (Å²) >= 11 is 0. The lowest BCUT2D eigenvalue weighted by atomic mass is 10.1. The van der Waals surface area contributed by atoms with Crippen LogP contribution in [-0.4, -0.2) is 61.5 Å². The third kappa shape index (κ3) is 4.44. The summed E-state index contributed by atoms with van der Waals surface area (Å²) in [6.07, 6.45) is -0.0292. The average Bonchev–Trinajstić information content (AvgIpc) is 2.54. The maximum Gasteiger partial charge on any atom is 0.415 e. The minimum Gasteiger partial charge on any atom is -0.480 e. The normalized spacial score (nSPS) is 16.1. The van der Waals surface area contributed by atoms with Gasteiger partial charge in [-0.25, -0.2) is 4.79 Å². The number of amides is 1. The van der Waals surface area contributed by atoms with E-state index in [0.717, 1.165) is 5.56 Å². The molecule has 1 aromatic carbocycles. The Morgan fingerprint density at radius 3 is 2.50 bits per heavy atom. The van der Waals surface area contributed by atoms with Crippen LogP contribution in [0.2, 0.25) is 0 Å². The van der Waals surface area contributed by atoms with Crippen molar-refractivity contribution in [3.05, 3.63) is 29.8 Å². The number of rotatable bonds is 5. The standard InChI is InChI=1S/C15H20N2O5/c1-16-13(14(18)19)10-11-2-4-12(5-3-11)22-15(20)17-6-8-21-9-7-17/h2-5,13,16H,6-10H2,1H3,(H,18,19)/t13-/m0/s1. The molecule has 7 nitrogen and oxygen atoms in total. The van der Waals surface area contributed by atoms with Crippen molar-refractivity contribution >= 4 is 12.1 Å². The van der Waals surface area contributed by atoms with Crippen LogP contribution in [0.5, 0.6) is 5.75 Å². The van der Waals surface area contributed by atoms with Gasteiger partial charge in [0.25, 0.3) is 0 Å². The Kier molecular flexibility index (Phi) is 5.74. The predicted octanol–water partition coefficient (Wildman–Crippen LogP) is 0.733. The van der Waals surface area contributed by atoms with E-state index in [1.807, 2.05) is 0 Å². The predicted molar refractivity (Wildman–Crippen MR) is 79.0 cm³/mol. The van der Waals surface area contributed by atoms with E-state index in [0.29, 0.717) is 38.5 Å². The SMILES string of the molecule is CN[C@@H](Cc1ccc(OC(=O)N2CCOCC2)cc1)C(=O)O. The molecular weight excluding hydrogens is 288 g/mol. The van der Waals surface area contributed by atoms with E-state index in [1.165, 1.54) is 0 Å². The quantitative estimate of drug-likeness (QED) is 0.834. The number of ether oxygens (including phenoxy) is 2. The van der Waals surface area contributed by atoms with Gasteiger partial charge in [-0.1, -0.05) is 12.1 Å². The molecule has 0 bridgehead atoms. The Balaban J connectivity index is 1.91. The molecule has 120 valence electrons. The summed E-state index contributed by atoms with van der Waals surface area (Å²) in [5.74, 6) is -0.457. The van der Waals surface area contributed by atoms with Crippen LogP contribution in [0.4, 0.5) is 4.79 Å². The Morgan fingerprint density at radius 2 is 1.95 bits per heavy atom. The highest BCUT2D eigenvalue weighted by Gasteiger charge is 2.19. The summed E-state index contributed by atoms with van der Waals surface area (Å²) < 4.78 is 10.5. The number of nitrogens with one attached hydrogen (secondary N) is 1. The van der Waals surface area contributed by atoms with Crippen molar-refractivity contribution in [3.63, 3.8) is 0 Å². The number of hydrogen-bond acceptors (Lipinski definition) is 5. The van der Waals surface area contributed by atoms with Crippen LogP contribution in [0.15, 0.2) is 24.3 Å². The van der Waals surface area contributed by atoms with Crippen LogP contribution in [-0.2, 0) is 16.0 Å². The van der Waals surface area contributed by atoms with Crippen molar-refractivity contribution in [1.29, 1.82) is 0 Å². The first-order chi connectivity index (χ1) is 10.6. The van der Waals surface area contributed by atoms with Gasteiger partial charge in [-0.2, -0.15) is 0 Å². The van der Waals surface area contributed by atoms with Crippen LogP contribution < -0.4 is 10.1 Å². The Morgan fingerprint density at radius 1 is 1.32 bits per heavy atom. The van der Waals surface area contributed by atoms with Crippen molar-refractivity contribution in [2.45, 2.75) is 12.5 Å². The number of carboxylic acids is 1. The fourth-order valence-corrected chi connectivity index (χ4v) is 2.15. The molecule has 0 spiro atoms. The lowest BCUT2D eigenvalue weighted by Crippen LogP contribution is -2.42. The first-order valence-corrected chi connectivity index (χ1v) is 7.13. The molecule has 1 fully saturated rings. The highest BCUT2D eigenvalue weighted by atomic mass is 16.6. The molecule has 1 saturated heterocycles. The summed E-state index contributed by atoms with van der Waals surface area (Å²) in [6, 6.07) is 6.22. The molecule has 0 radical (unpaired) electrons. The van der Waals surface area contributed by atoms with Crippen molar-refractivity contribution in [2.75, 3.05) is 33.4 Å². The van der Waals surface area contributed by atoms with Crippen LogP contribution in [0.3, 0.4) is 0 Å². The van der Waals surface area contributed by atoms with Crippen LogP contribution >= 0.6 is 0 Å². The van der Waals surface area contributed by atoms with E-state index in [2.05, 4.69) is 5.32 Å². The number of hydrogen-bond donors (Lipinski definition) is 2. The highest BCUT2D eigenvalue weighted by Crippen LogP contribution is 2.15. The van der Waals surface area contributed by atoms with Gasteiger partial charge in [0.2, 0.25) is 0 Å². The van der Waals surface area contributed by atoms with E-state index >= 15 is 0 Å². The van der Waals surface area contributed by atoms with Gasteiger partial charge in [0.05, 0.1) is 13.2 Å². The van der Waals surface area contributed by atoms with Gasteiger partial charge in [-0.3, -0.25) is 4.79 Å². The van der Waals surface area contributed by atoms with Crippen LogP contribution in [0.25, 0.3) is 0 Å². The lowest BCUT2D eigenvalue weighted by molar-refractivity contribution is -0.139. The fraction of sp³-hybridized carbons (Fsp3) is 0.467. The second kappa shape index (κ2) is 7.77. The molecule has 1 amide bonds. The fourth-order valence-electron chi connectivity index (χ4n) is 2.15. The minimum absolute atomic E-state index is 0.365. The molecule has 0 saturated carbocycles. The van der Waals surface area contributed by atoms with Gasteiger partial charge in [0, 0.05) is 13.1 Å². The van der Waals surface area contributed by atoms with Crippen molar-refractivity contribution < 1.29 is 24.2 Å². The largest absolute Gasteiger partial charge is 0.480 e. The molecule has 0 aromatic heterocycles. The van der Waals surface area contributed by atoms with E-state index in [4.69, 9.17) is 14.6 Å². The number of likely N-dealkylation sites (N-methyl/N-ethyl adjacent to an activating group) is 1. The highest BCUT2D eigenvalue weighted by molar-refractivity contribution is 5.74.